The molecule has 3 nitrogen and oxygen atoms in total. The van der Waals surface area contributed by atoms with Crippen LogP contribution in [0.5, 0.6) is 0 Å². The summed E-state index contributed by atoms with van der Waals surface area (Å²) in [7, 11) is 0. The van der Waals surface area contributed by atoms with E-state index < -0.39 is 0 Å². The summed E-state index contributed by atoms with van der Waals surface area (Å²) >= 11 is 0. The third-order valence-electron chi connectivity index (χ3n) is 9.30. The van der Waals surface area contributed by atoms with Gasteiger partial charge in [0.25, 0.3) is 0 Å². The first-order chi connectivity index (χ1) is 18.6. The normalized spacial score (nSPS) is 23.3. The molecule has 0 bridgehead atoms. The summed E-state index contributed by atoms with van der Waals surface area (Å²) in [6, 6.07) is 24.8. The maximum atomic E-state index is 4.03. The molecule has 0 saturated carbocycles. The molecular formula is C35H33N3. The summed E-state index contributed by atoms with van der Waals surface area (Å²) in [4.78, 5) is 0. The molecular weight excluding hydrogens is 462 g/mol. The number of hydrogen-bond acceptors (Lipinski definition) is 2. The predicted molar refractivity (Wildman–Crippen MR) is 158 cm³/mol. The molecule has 1 aliphatic heterocycles. The van der Waals surface area contributed by atoms with Gasteiger partial charge in [-0.2, -0.15) is 0 Å². The van der Waals surface area contributed by atoms with Gasteiger partial charge >= 0.3 is 0 Å². The van der Waals surface area contributed by atoms with E-state index in [1.165, 1.54) is 55.5 Å². The van der Waals surface area contributed by atoms with Gasteiger partial charge < -0.3 is 15.2 Å². The molecule has 3 heteroatoms. The Kier molecular flexibility index (Phi) is 4.65. The van der Waals surface area contributed by atoms with Gasteiger partial charge in [-0.1, -0.05) is 98.3 Å². The highest BCUT2D eigenvalue weighted by atomic mass is 15.3. The van der Waals surface area contributed by atoms with Crippen molar-refractivity contribution < 1.29 is 0 Å². The van der Waals surface area contributed by atoms with Gasteiger partial charge in [0.1, 0.15) is 6.17 Å². The number of allylic oxidation sites excluding steroid dienone is 7. The Morgan fingerprint density at radius 2 is 1.58 bits per heavy atom. The molecule has 4 aliphatic rings. The van der Waals surface area contributed by atoms with Gasteiger partial charge in [-0.15, -0.1) is 0 Å². The number of benzene rings is 3. The fraction of sp³-hybridized carbons (Fsp3) is 0.257. The number of nitrogens with one attached hydrogen (secondary N) is 2. The van der Waals surface area contributed by atoms with Gasteiger partial charge in [0.15, 0.2) is 0 Å². The second-order valence-corrected chi connectivity index (χ2v) is 11.7. The zero-order chi connectivity index (χ0) is 25.4. The molecule has 2 heterocycles. The van der Waals surface area contributed by atoms with Crippen LogP contribution in [-0.2, 0) is 5.41 Å². The Hall–Kier alpha value is -3.98. The van der Waals surface area contributed by atoms with Gasteiger partial charge in [0, 0.05) is 27.4 Å². The average molecular weight is 496 g/mol. The van der Waals surface area contributed by atoms with E-state index in [1.807, 2.05) is 0 Å². The fourth-order valence-electron chi connectivity index (χ4n) is 7.48. The number of fused-ring (bicyclic) bond motifs is 6. The molecule has 0 radical (unpaired) electrons. The van der Waals surface area contributed by atoms with E-state index in [4.69, 9.17) is 0 Å². The van der Waals surface area contributed by atoms with E-state index in [9.17, 15) is 0 Å². The Balaban J connectivity index is 1.46. The van der Waals surface area contributed by atoms with Crippen molar-refractivity contribution in [1.82, 2.24) is 15.2 Å². The predicted octanol–water partition coefficient (Wildman–Crippen LogP) is 8.18. The Labute approximate surface area is 224 Å². The molecule has 0 fully saturated rings. The Morgan fingerprint density at radius 3 is 2.47 bits per heavy atom. The molecule has 2 N–H and O–H groups in total. The van der Waals surface area contributed by atoms with E-state index in [2.05, 4.69) is 120 Å². The highest BCUT2D eigenvalue weighted by Crippen LogP contribution is 2.54. The molecule has 1 aromatic heterocycles. The fourth-order valence-corrected chi connectivity index (χ4v) is 7.48. The topological polar surface area (TPSA) is 29.0 Å². The lowest BCUT2D eigenvalue weighted by molar-refractivity contribution is 0.320. The van der Waals surface area contributed by atoms with Crippen LogP contribution in [0.15, 0.2) is 108 Å². The highest BCUT2D eigenvalue weighted by molar-refractivity contribution is 6.13. The molecule has 2 unspecified atom stereocenters. The second-order valence-electron chi connectivity index (χ2n) is 11.7. The Morgan fingerprint density at radius 1 is 0.789 bits per heavy atom. The van der Waals surface area contributed by atoms with Gasteiger partial charge in [0.2, 0.25) is 0 Å². The lowest BCUT2D eigenvalue weighted by atomic mass is 9.78. The first-order valence-electron chi connectivity index (χ1n) is 14.1. The minimum Gasteiger partial charge on any atom is -0.376 e. The van der Waals surface area contributed by atoms with Crippen LogP contribution in [0.25, 0.3) is 27.4 Å². The van der Waals surface area contributed by atoms with Gasteiger partial charge in [0.05, 0.1) is 22.8 Å². The van der Waals surface area contributed by atoms with Crippen LogP contribution in [0.1, 0.15) is 68.4 Å². The zero-order valence-electron chi connectivity index (χ0n) is 22.1. The summed E-state index contributed by atoms with van der Waals surface area (Å²) < 4.78 is 2.62. The first-order valence-corrected chi connectivity index (χ1v) is 14.1. The molecule has 3 aromatic carbocycles. The number of para-hydroxylation sites is 1. The SMILES string of the molecule is CC1(C)C2=C(C=CCC2)c2c1ccc1c3ccccc3n(C3NC4=C(CCC=C4)NC3c3ccccc3)c21. The molecule has 8 rings (SSSR count). The third kappa shape index (κ3) is 2.96. The monoisotopic (exact) mass is 495 g/mol. The number of nitrogens with zero attached hydrogens (tertiary/aromatic N) is 1. The van der Waals surface area contributed by atoms with Crippen molar-refractivity contribution in [1.29, 1.82) is 0 Å². The first kappa shape index (κ1) is 22.0. The standard InChI is InChI=1S/C35H33N3/c1-35(2)26-16-8-6-15-25(26)31-27(35)21-20-24-23-14-7-11-19-30(23)38(33(24)31)34-32(22-12-4-3-5-13-22)36-28-17-9-10-18-29(28)37-34/h3-7,10-15,18-21,32,34,36-37H,8-9,16-17H2,1-2H3. The lowest BCUT2D eigenvalue weighted by Gasteiger charge is -2.40. The van der Waals surface area contributed by atoms with Gasteiger partial charge in [-0.3, -0.25) is 0 Å². The van der Waals surface area contributed by atoms with Crippen molar-refractivity contribution in [3.05, 3.63) is 125 Å². The zero-order valence-corrected chi connectivity index (χ0v) is 22.1. The van der Waals surface area contributed by atoms with Crippen molar-refractivity contribution in [2.24, 2.45) is 0 Å². The molecule has 188 valence electrons. The van der Waals surface area contributed by atoms with Gasteiger partial charge in [-0.05, 0) is 54.5 Å². The molecule has 0 saturated heterocycles. The molecule has 4 aromatic rings. The third-order valence-corrected chi connectivity index (χ3v) is 9.30. The van der Waals surface area contributed by atoms with Crippen LogP contribution < -0.4 is 10.6 Å². The molecule has 2 atom stereocenters. The molecule has 0 spiro atoms. The van der Waals surface area contributed by atoms with E-state index in [1.54, 1.807) is 5.57 Å². The minimum absolute atomic E-state index is 0.0214. The average Bonchev–Trinajstić information content (AvgIpc) is 3.42. The van der Waals surface area contributed by atoms with E-state index in [0.29, 0.717) is 0 Å². The van der Waals surface area contributed by atoms with Crippen molar-refractivity contribution >= 4 is 27.4 Å². The summed E-state index contributed by atoms with van der Waals surface area (Å²) in [5, 5.41) is 10.7. The van der Waals surface area contributed by atoms with Crippen LogP contribution in [0.3, 0.4) is 0 Å². The number of rotatable bonds is 2. The number of hydrogen-bond donors (Lipinski definition) is 2. The molecule has 0 amide bonds. The maximum absolute atomic E-state index is 4.03. The lowest BCUT2D eigenvalue weighted by Crippen LogP contribution is -2.44. The van der Waals surface area contributed by atoms with Gasteiger partial charge in [-0.25, -0.2) is 0 Å². The summed E-state index contributed by atoms with van der Waals surface area (Å²) in [6.07, 6.45) is 13.8. The largest absolute Gasteiger partial charge is 0.376 e. The van der Waals surface area contributed by atoms with Crippen molar-refractivity contribution in [2.75, 3.05) is 0 Å². The molecule has 38 heavy (non-hydrogen) atoms. The highest BCUT2D eigenvalue weighted by Gasteiger charge is 2.41. The smallest absolute Gasteiger partial charge is 0.129 e. The summed E-state index contributed by atoms with van der Waals surface area (Å²) in [5.74, 6) is 0. The van der Waals surface area contributed by atoms with Crippen LogP contribution in [-0.4, -0.2) is 4.57 Å². The summed E-state index contributed by atoms with van der Waals surface area (Å²) in [5.41, 5.74) is 12.5. The number of aromatic nitrogens is 1. The van der Waals surface area contributed by atoms with Crippen LogP contribution >= 0.6 is 0 Å². The van der Waals surface area contributed by atoms with Crippen LogP contribution in [0.2, 0.25) is 0 Å². The summed E-state index contributed by atoms with van der Waals surface area (Å²) in [6.45, 7) is 4.84. The Bertz CT molecular complexity index is 1740. The second kappa shape index (κ2) is 8.01. The molecule has 3 aliphatic carbocycles. The van der Waals surface area contributed by atoms with E-state index in [-0.39, 0.29) is 17.6 Å². The maximum Gasteiger partial charge on any atom is 0.129 e. The van der Waals surface area contributed by atoms with Crippen molar-refractivity contribution in [2.45, 2.75) is 57.2 Å². The van der Waals surface area contributed by atoms with E-state index >= 15 is 0 Å². The van der Waals surface area contributed by atoms with Crippen molar-refractivity contribution in [3.63, 3.8) is 0 Å². The van der Waals surface area contributed by atoms with E-state index in [0.717, 1.165) is 25.7 Å². The minimum atomic E-state index is 0.0214. The van der Waals surface area contributed by atoms with Crippen LogP contribution in [0.4, 0.5) is 0 Å². The van der Waals surface area contributed by atoms with Crippen molar-refractivity contribution in [3.8, 4) is 0 Å². The quantitative estimate of drug-likeness (QED) is 0.294. The van der Waals surface area contributed by atoms with Crippen LogP contribution in [0, 0.1) is 0 Å².